The number of hydrogen-bond donors (Lipinski definition) is 2. The van der Waals surface area contributed by atoms with Gasteiger partial charge in [0.15, 0.2) is 0 Å². The molecule has 42 heavy (non-hydrogen) atoms. The van der Waals surface area contributed by atoms with Crippen molar-refractivity contribution in [2.75, 3.05) is 0 Å². The normalized spacial score (nSPS) is 12.3. The monoisotopic (exact) mass is 558 g/mol. The van der Waals surface area contributed by atoms with Crippen LogP contribution in [0.4, 0.5) is 0 Å². The Hall–Kier alpha value is -4.64. The van der Waals surface area contributed by atoms with Gasteiger partial charge in [0.1, 0.15) is 0 Å². The summed E-state index contributed by atoms with van der Waals surface area (Å²) in [4.78, 5) is 24.9. The molecule has 5 aromatic rings. The molecule has 0 aliphatic heterocycles. The Kier molecular flexibility index (Phi) is 7.79. The first kappa shape index (κ1) is 28.9. The zero-order chi connectivity index (χ0) is 30.2. The second-order valence-corrected chi connectivity index (χ2v) is 12.1. The fourth-order valence-electron chi connectivity index (χ4n) is 5.52. The van der Waals surface area contributed by atoms with Gasteiger partial charge < -0.3 is 15.0 Å². The van der Waals surface area contributed by atoms with Crippen LogP contribution >= 0.6 is 0 Å². The lowest BCUT2D eigenvalue weighted by Gasteiger charge is -2.20. The minimum Gasteiger partial charge on any atom is -0.478 e. The van der Waals surface area contributed by atoms with Crippen molar-refractivity contribution >= 4 is 22.8 Å². The summed E-state index contributed by atoms with van der Waals surface area (Å²) in [7, 11) is 0. The lowest BCUT2D eigenvalue weighted by molar-refractivity contribution is 0.0697. The highest BCUT2D eigenvalue weighted by atomic mass is 16.4. The highest BCUT2D eigenvalue weighted by Gasteiger charge is 2.18. The first-order chi connectivity index (χ1) is 19.9. The fourth-order valence-corrected chi connectivity index (χ4v) is 5.52. The number of carbonyl (C=O) groups is 2. The average Bonchev–Trinajstić information content (AvgIpc) is 3.21. The lowest BCUT2D eigenvalue weighted by atomic mass is 9.86. The van der Waals surface area contributed by atoms with Gasteiger partial charge in [0.05, 0.1) is 11.6 Å². The molecule has 1 atom stereocenters. The summed E-state index contributed by atoms with van der Waals surface area (Å²) in [5, 5.41) is 13.8. The molecule has 0 fully saturated rings. The van der Waals surface area contributed by atoms with Crippen LogP contribution in [-0.4, -0.2) is 21.6 Å². The Balaban J connectivity index is 1.35. The second-order valence-electron chi connectivity index (χ2n) is 12.1. The van der Waals surface area contributed by atoms with Crippen molar-refractivity contribution in [1.29, 1.82) is 0 Å². The molecule has 4 aromatic carbocycles. The number of amides is 1. The molecule has 1 amide bonds. The predicted molar refractivity (Wildman–Crippen MR) is 170 cm³/mol. The van der Waals surface area contributed by atoms with Crippen LogP contribution in [0.25, 0.3) is 22.0 Å². The minimum absolute atomic E-state index is 0.0878. The smallest absolute Gasteiger partial charge is 0.336 e. The minimum atomic E-state index is -0.933. The van der Waals surface area contributed by atoms with E-state index in [1.807, 2.05) is 61.5 Å². The maximum Gasteiger partial charge on any atom is 0.336 e. The third-order valence-electron chi connectivity index (χ3n) is 8.29. The van der Waals surface area contributed by atoms with Crippen LogP contribution in [-0.2, 0) is 12.0 Å². The van der Waals surface area contributed by atoms with Crippen LogP contribution in [0.5, 0.6) is 0 Å². The summed E-state index contributed by atoms with van der Waals surface area (Å²) in [6.45, 7) is 13.5. The number of aromatic nitrogens is 1. The van der Waals surface area contributed by atoms with Crippen molar-refractivity contribution in [3.8, 4) is 11.1 Å². The van der Waals surface area contributed by atoms with E-state index in [0.717, 1.165) is 38.9 Å². The van der Waals surface area contributed by atoms with Gasteiger partial charge >= 0.3 is 5.97 Å². The molecular formula is C37H38N2O3. The largest absolute Gasteiger partial charge is 0.478 e. The van der Waals surface area contributed by atoms with Gasteiger partial charge in [-0.25, -0.2) is 4.79 Å². The van der Waals surface area contributed by atoms with E-state index in [4.69, 9.17) is 0 Å². The summed E-state index contributed by atoms with van der Waals surface area (Å²) < 4.78 is 2.27. The predicted octanol–water partition coefficient (Wildman–Crippen LogP) is 8.46. The molecule has 0 saturated heterocycles. The van der Waals surface area contributed by atoms with Gasteiger partial charge in [-0.2, -0.15) is 0 Å². The molecule has 2 N–H and O–H groups in total. The fraction of sp³-hybridized carbons (Fsp3) is 0.243. The van der Waals surface area contributed by atoms with Crippen molar-refractivity contribution in [2.24, 2.45) is 0 Å². The Morgan fingerprint density at radius 1 is 0.881 bits per heavy atom. The number of carboxylic acid groups (broad SMARTS) is 1. The molecule has 0 bridgehead atoms. The van der Waals surface area contributed by atoms with E-state index in [-0.39, 0.29) is 17.4 Å². The van der Waals surface area contributed by atoms with E-state index in [0.29, 0.717) is 23.2 Å². The van der Waals surface area contributed by atoms with Crippen LogP contribution in [0.3, 0.4) is 0 Å². The molecule has 1 heterocycles. The van der Waals surface area contributed by atoms with Gasteiger partial charge in [0.25, 0.3) is 5.91 Å². The van der Waals surface area contributed by atoms with Gasteiger partial charge in [0, 0.05) is 28.7 Å². The number of aromatic carboxylic acids is 1. The van der Waals surface area contributed by atoms with Crippen molar-refractivity contribution in [1.82, 2.24) is 9.88 Å². The zero-order valence-corrected chi connectivity index (χ0v) is 25.2. The summed E-state index contributed by atoms with van der Waals surface area (Å²) in [5.41, 5.74) is 9.43. The number of benzene rings is 4. The first-order valence-electron chi connectivity index (χ1n) is 14.4. The third-order valence-corrected chi connectivity index (χ3v) is 8.29. The van der Waals surface area contributed by atoms with Gasteiger partial charge in [0.2, 0.25) is 0 Å². The maximum atomic E-state index is 13.3. The van der Waals surface area contributed by atoms with Crippen molar-refractivity contribution in [3.63, 3.8) is 0 Å². The standard InChI is InChI=1S/C37H38N2O3/c1-23-25(3)39(22-26-11-13-28(14-12-26)31-9-7-8-10-32(31)36(41)42)34-20-17-29(21-33(23)34)35(40)38-24(2)27-15-18-30(19-16-27)37(4,5)6/h7-21,24H,22H2,1-6H3,(H,38,40)(H,41,42). The molecule has 0 aliphatic rings. The summed E-state index contributed by atoms with van der Waals surface area (Å²) in [6.07, 6.45) is 0. The molecule has 1 unspecified atom stereocenters. The average molecular weight is 559 g/mol. The van der Waals surface area contributed by atoms with Crippen molar-refractivity contribution in [3.05, 3.63) is 130 Å². The van der Waals surface area contributed by atoms with Crippen LogP contribution in [0.2, 0.25) is 0 Å². The lowest BCUT2D eigenvalue weighted by Crippen LogP contribution is -2.26. The molecule has 1 aromatic heterocycles. The van der Waals surface area contributed by atoms with E-state index in [1.165, 1.54) is 5.56 Å². The number of nitrogens with zero attached hydrogens (tertiary/aromatic N) is 1. The maximum absolute atomic E-state index is 13.3. The van der Waals surface area contributed by atoms with E-state index in [1.54, 1.807) is 12.1 Å². The Morgan fingerprint density at radius 3 is 2.19 bits per heavy atom. The molecule has 0 aliphatic carbocycles. The van der Waals surface area contributed by atoms with Gasteiger partial charge in [-0.15, -0.1) is 0 Å². The first-order valence-corrected chi connectivity index (χ1v) is 14.4. The van der Waals surface area contributed by atoms with Crippen LogP contribution in [0.1, 0.15) is 82.4 Å². The van der Waals surface area contributed by atoms with Crippen LogP contribution < -0.4 is 5.32 Å². The molecule has 214 valence electrons. The van der Waals surface area contributed by atoms with Gasteiger partial charge in [-0.3, -0.25) is 4.79 Å². The van der Waals surface area contributed by atoms with E-state index < -0.39 is 5.97 Å². The number of carboxylic acids is 1. The number of hydrogen-bond acceptors (Lipinski definition) is 2. The highest BCUT2D eigenvalue weighted by molar-refractivity contribution is 5.99. The molecule has 5 nitrogen and oxygen atoms in total. The Labute approximate surface area is 247 Å². The van der Waals surface area contributed by atoms with Gasteiger partial charge in [-0.1, -0.05) is 87.5 Å². The molecular weight excluding hydrogens is 520 g/mol. The summed E-state index contributed by atoms with van der Waals surface area (Å²) >= 11 is 0. The zero-order valence-electron chi connectivity index (χ0n) is 25.2. The molecule has 0 spiro atoms. The SMILES string of the molecule is Cc1c(C)n(Cc2ccc(-c3ccccc3C(=O)O)cc2)c2ccc(C(=O)NC(C)c3ccc(C(C)(C)C)cc3)cc12. The summed E-state index contributed by atoms with van der Waals surface area (Å²) in [6, 6.07) is 29.4. The number of fused-ring (bicyclic) bond motifs is 1. The molecule has 5 heteroatoms. The number of nitrogens with one attached hydrogen (secondary N) is 1. The molecule has 0 radical (unpaired) electrons. The van der Waals surface area contributed by atoms with E-state index in [9.17, 15) is 14.7 Å². The van der Waals surface area contributed by atoms with Gasteiger partial charge in [-0.05, 0) is 83.8 Å². The van der Waals surface area contributed by atoms with Crippen LogP contribution in [0, 0.1) is 13.8 Å². The highest BCUT2D eigenvalue weighted by Crippen LogP contribution is 2.29. The van der Waals surface area contributed by atoms with Crippen molar-refractivity contribution < 1.29 is 14.7 Å². The Morgan fingerprint density at radius 2 is 1.55 bits per heavy atom. The summed E-state index contributed by atoms with van der Waals surface area (Å²) in [5.74, 6) is -1.02. The van der Waals surface area contributed by atoms with Crippen molar-refractivity contribution in [2.45, 2.75) is 59.5 Å². The second kappa shape index (κ2) is 11.3. The molecule has 0 saturated carbocycles. The molecule has 5 rings (SSSR count). The van der Waals surface area contributed by atoms with E-state index >= 15 is 0 Å². The number of rotatable bonds is 7. The van der Waals surface area contributed by atoms with E-state index in [2.05, 4.69) is 68.8 Å². The Bertz CT molecular complexity index is 1770. The topological polar surface area (TPSA) is 71.3 Å². The van der Waals surface area contributed by atoms with Crippen LogP contribution in [0.15, 0.2) is 91.0 Å². The third kappa shape index (κ3) is 5.73. The number of carbonyl (C=O) groups excluding carboxylic acids is 1. The number of aryl methyl sites for hydroxylation is 1. The quantitative estimate of drug-likeness (QED) is 0.210.